The lowest BCUT2D eigenvalue weighted by atomic mass is 10.0. The first-order valence-electron chi connectivity index (χ1n) is 4.26. The van der Waals surface area contributed by atoms with Gasteiger partial charge in [0.1, 0.15) is 0 Å². The van der Waals surface area contributed by atoms with E-state index in [1.165, 1.54) is 0 Å². The number of β-amino-alcohol motifs (C(OH)–C–C–N with tert-alkyl or cyclic N) is 1. The highest BCUT2D eigenvalue weighted by Crippen LogP contribution is 2.28. The predicted octanol–water partition coefficient (Wildman–Crippen LogP) is 0.121. The molecule has 2 atom stereocenters. The number of nitrogens with zero attached hydrogens (tertiary/aromatic N) is 2. The SMILES string of the molecule is Cn1ncc(Cl)c1[C@@H]1CNC[C@H]1O. The zero-order valence-electron chi connectivity index (χ0n) is 7.37. The monoisotopic (exact) mass is 201 g/mol. The summed E-state index contributed by atoms with van der Waals surface area (Å²) in [6.07, 6.45) is 1.26. The Morgan fingerprint density at radius 3 is 2.92 bits per heavy atom. The standard InChI is InChI=1S/C8H12ClN3O/c1-12-8(6(9)3-11-12)5-2-10-4-7(5)13/h3,5,7,10,13H,2,4H2,1H3/t5-,7-/m1/s1. The smallest absolute Gasteiger partial charge is 0.0822 e. The van der Waals surface area contributed by atoms with Crippen molar-refractivity contribution in [2.24, 2.45) is 7.05 Å². The van der Waals surface area contributed by atoms with E-state index in [1.54, 1.807) is 10.9 Å². The largest absolute Gasteiger partial charge is 0.391 e. The second-order valence-electron chi connectivity index (χ2n) is 3.33. The molecule has 13 heavy (non-hydrogen) atoms. The van der Waals surface area contributed by atoms with Gasteiger partial charge < -0.3 is 10.4 Å². The van der Waals surface area contributed by atoms with Crippen molar-refractivity contribution in [2.75, 3.05) is 13.1 Å². The van der Waals surface area contributed by atoms with Crippen molar-refractivity contribution in [1.29, 1.82) is 0 Å². The molecule has 2 heterocycles. The van der Waals surface area contributed by atoms with Gasteiger partial charge in [-0.1, -0.05) is 11.6 Å². The van der Waals surface area contributed by atoms with Gasteiger partial charge in [-0.2, -0.15) is 5.10 Å². The van der Waals surface area contributed by atoms with Crippen LogP contribution in [-0.4, -0.2) is 34.1 Å². The maximum atomic E-state index is 9.65. The van der Waals surface area contributed by atoms with Gasteiger partial charge >= 0.3 is 0 Å². The van der Waals surface area contributed by atoms with Crippen molar-refractivity contribution in [2.45, 2.75) is 12.0 Å². The van der Waals surface area contributed by atoms with Gasteiger partial charge in [0.05, 0.1) is 23.0 Å². The second-order valence-corrected chi connectivity index (χ2v) is 3.74. The van der Waals surface area contributed by atoms with E-state index >= 15 is 0 Å². The maximum Gasteiger partial charge on any atom is 0.0822 e. The van der Waals surface area contributed by atoms with Gasteiger partial charge in [0.25, 0.3) is 0 Å². The fourth-order valence-electron chi connectivity index (χ4n) is 1.78. The van der Waals surface area contributed by atoms with Crippen LogP contribution in [0.1, 0.15) is 11.6 Å². The zero-order chi connectivity index (χ0) is 9.42. The number of nitrogens with one attached hydrogen (secondary N) is 1. The first-order valence-corrected chi connectivity index (χ1v) is 4.64. The average Bonchev–Trinajstić information content (AvgIpc) is 2.60. The Morgan fingerprint density at radius 2 is 2.46 bits per heavy atom. The molecule has 2 rings (SSSR count). The van der Waals surface area contributed by atoms with Crippen LogP contribution < -0.4 is 5.32 Å². The number of aromatic nitrogens is 2. The number of hydrogen-bond acceptors (Lipinski definition) is 3. The molecule has 0 amide bonds. The molecule has 0 bridgehead atoms. The van der Waals surface area contributed by atoms with E-state index in [0.717, 1.165) is 12.2 Å². The van der Waals surface area contributed by atoms with Crippen molar-refractivity contribution < 1.29 is 5.11 Å². The van der Waals surface area contributed by atoms with Crippen LogP contribution in [0.5, 0.6) is 0 Å². The Hall–Kier alpha value is -0.580. The fourth-order valence-corrected chi connectivity index (χ4v) is 2.09. The van der Waals surface area contributed by atoms with Crippen LogP contribution in [0, 0.1) is 0 Å². The van der Waals surface area contributed by atoms with Crippen LogP contribution in [0.15, 0.2) is 6.20 Å². The summed E-state index contributed by atoms with van der Waals surface area (Å²) < 4.78 is 1.73. The normalized spacial score (nSPS) is 28.2. The highest BCUT2D eigenvalue weighted by molar-refractivity contribution is 6.31. The summed E-state index contributed by atoms with van der Waals surface area (Å²) in [6.45, 7) is 1.40. The van der Waals surface area contributed by atoms with E-state index in [4.69, 9.17) is 11.6 Å². The summed E-state index contributed by atoms with van der Waals surface area (Å²) in [7, 11) is 1.84. The molecule has 1 fully saturated rings. The molecule has 0 radical (unpaired) electrons. The van der Waals surface area contributed by atoms with E-state index in [2.05, 4.69) is 10.4 Å². The Balaban J connectivity index is 2.33. The van der Waals surface area contributed by atoms with E-state index in [1.807, 2.05) is 7.05 Å². The Kier molecular flexibility index (Phi) is 2.27. The van der Waals surface area contributed by atoms with Gasteiger partial charge in [-0.15, -0.1) is 0 Å². The van der Waals surface area contributed by atoms with Gasteiger partial charge in [0, 0.05) is 26.1 Å². The summed E-state index contributed by atoms with van der Waals surface area (Å²) in [5.74, 6) is 0.0694. The molecule has 1 aromatic heterocycles. The number of hydrogen-bond donors (Lipinski definition) is 2. The summed E-state index contributed by atoms with van der Waals surface area (Å²) in [5, 5.41) is 17.4. The molecule has 0 saturated carbocycles. The van der Waals surface area contributed by atoms with Crippen molar-refractivity contribution in [3.63, 3.8) is 0 Å². The highest BCUT2D eigenvalue weighted by atomic mass is 35.5. The molecule has 2 N–H and O–H groups in total. The summed E-state index contributed by atoms with van der Waals surface area (Å²) in [4.78, 5) is 0. The first-order chi connectivity index (χ1) is 6.20. The topological polar surface area (TPSA) is 50.1 Å². The molecular weight excluding hydrogens is 190 g/mol. The van der Waals surface area contributed by atoms with Crippen molar-refractivity contribution in [3.05, 3.63) is 16.9 Å². The third kappa shape index (κ3) is 1.45. The van der Waals surface area contributed by atoms with Crippen molar-refractivity contribution >= 4 is 11.6 Å². The molecular formula is C8H12ClN3O. The van der Waals surface area contributed by atoms with Crippen LogP contribution in [0.4, 0.5) is 0 Å². The Morgan fingerprint density at radius 1 is 1.69 bits per heavy atom. The van der Waals surface area contributed by atoms with E-state index < -0.39 is 0 Å². The fraction of sp³-hybridized carbons (Fsp3) is 0.625. The third-order valence-corrected chi connectivity index (χ3v) is 2.76. The van der Waals surface area contributed by atoms with Crippen LogP contribution in [0.3, 0.4) is 0 Å². The van der Waals surface area contributed by atoms with E-state index in [-0.39, 0.29) is 12.0 Å². The lowest BCUT2D eigenvalue weighted by Crippen LogP contribution is -2.18. The van der Waals surface area contributed by atoms with E-state index in [9.17, 15) is 5.11 Å². The van der Waals surface area contributed by atoms with Gasteiger partial charge in [-0.25, -0.2) is 0 Å². The van der Waals surface area contributed by atoms with Gasteiger partial charge in [-0.05, 0) is 0 Å². The van der Waals surface area contributed by atoms with Crippen LogP contribution >= 0.6 is 11.6 Å². The molecule has 72 valence electrons. The Bertz CT molecular complexity index is 293. The van der Waals surface area contributed by atoms with Crippen LogP contribution in [0.2, 0.25) is 5.02 Å². The Labute approximate surface area is 81.5 Å². The molecule has 0 unspecified atom stereocenters. The number of rotatable bonds is 1. The minimum Gasteiger partial charge on any atom is -0.391 e. The molecule has 0 aliphatic carbocycles. The molecule has 0 aromatic carbocycles. The van der Waals surface area contributed by atoms with Gasteiger partial charge in [0.2, 0.25) is 0 Å². The number of aliphatic hydroxyl groups is 1. The quantitative estimate of drug-likeness (QED) is 0.679. The van der Waals surface area contributed by atoms with Crippen molar-refractivity contribution in [3.8, 4) is 0 Å². The van der Waals surface area contributed by atoms with Gasteiger partial charge in [0.15, 0.2) is 0 Å². The van der Waals surface area contributed by atoms with Crippen molar-refractivity contribution in [1.82, 2.24) is 15.1 Å². The molecule has 4 nitrogen and oxygen atoms in total. The van der Waals surface area contributed by atoms with Gasteiger partial charge in [-0.3, -0.25) is 4.68 Å². The lowest BCUT2D eigenvalue weighted by molar-refractivity contribution is 0.174. The maximum absolute atomic E-state index is 9.65. The number of halogens is 1. The van der Waals surface area contributed by atoms with Crippen LogP contribution in [0.25, 0.3) is 0 Å². The summed E-state index contributed by atoms with van der Waals surface area (Å²) in [5.41, 5.74) is 0.916. The number of aryl methyl sites for hydroxylation is 1. The predicted molar refractivity (Wildman–Crippen MR) is 49.8 cm³/mol. The molecule has 1 aliphatic heterocycles. The lowest BCUT2D eigenvalue weighted by Gasteiger charge is -2.13. The van der Waals surface area contributed by atoms with E-state index in [0.29, 0.717) is 11.6 Å². The summed E-state index contributed by atoms with van der Waals surface area (Å²) in [6, 6.07) is 0. The molecule has 0 spiro atoms. The first kappa shape index (κ1) is 8.99. The average molecular weight is 202 g/mol. The number of aliphatic hydroxyl groups excluding tert-OH is 1. The second kappa shape index (κ2) is 3.29. The third-order valence-electron chi connectivity index (χ3n) is 2.47. The highest BCUT2D eigenvalue weighted by Gasteiger charge is 2.30. The zero-order valence-corrected chi connectivity index (χ0v) is 8.12. The molecule has 5 heteroatoms. The molecule has 1 saturated heterocycles. The molecule has 1 aromatic rings. The minimum absolute atomic E-state index is 0.0694. The van der Waals surface area contributed by atoms with Crippen LogP contribution in [-0.2, 0) is 7.05 Å². The summed E-state index contributed by atoms with van der Waals surface area (Å²) >= 11 is 5.97. The minimum atomic E-state index is -0.354. The molecule has 1 aliphatic rings.